The summed E-state index contributed by atoms with van der Waals surface area (Å²) < 4.78 is 0. The summed E-state index contributed by atoms with van der Waals surface area (Å²) in [5.41, 5.74) is 2.33. The van der Waals surface area contributed by atoms with Crippen molar-refractivity contribution in [2.24, 2.45) is 0 Å². The zero-order valence-electron chi connectivity index (χ0n) is 7.40. The van der Waals surface area contributed by atoms with Gasteiger partial charge in [0.2, 0.25) is 0 Å². The van der Waals surface area contributed by atoms with Crippen molar-refractivity contribution in [1.29, 1.82) is 0 Å². The largest absolute Gasteiger partial charge is 0.383 e. The molecule has 0 amide bonds. The van der Waals surface area contributed by atoms with Gasteiger partial charge in [-0.3, -0.25) is 0 Å². The maximum Gasteiger partial charge on any atom is 0.0655 e. The van der Waals surface area contributed by atoms with Crippen molar-refractivity contribution in [3.8, 4) is 0 Å². The summed E-state index contributed by atoms with van der Waals surface area (Å²) in [6.45, 7) is 3.15. The van der Waals surface area contributed by atoms with E-state index in [9.17, 15) is 0 Å². The minimum atomic E-state index is 0.561. The zero-order valence-corrected chi connectivity index (χ0v) is 8.91. The maximum atomic E-state index is 6.05. The third kappa shape index (κ3) is 1.51. The maximum absolute atomic E-state index is 6.05. The molecule has 2 rings (SSSR count). The Balaban J connectivity index is 2.51. The van der Waals surface area contributed by atoms with Gasteiger partial charge in [0.15, 0.2) is 0 Å². The van der Waals surface area contributed by atoms with Crippen molar-refractivity contribution in [3.63, 3.8) is 0 Å². The number of nitrogens with one attached hydrogen (secondary N) is 1. The molecule has 1 aliphatic heterocycles. The predicted octanol–water partition coefficient (Wildman–Crippen LogP) is 3.91. The Hall–Kier alpha value is -0.400. The molecule has 0 bridgehead atoms. The molecule has 70 valence electrons. The average Bonchev–Trinajstić information content (AvgIpc) is 2.47. The van der Waals surface area contributed by atoms with E-state index in [4.69, 9.17) is 23.2 Å². The lowest BCUT2D eigenvalue weighted by Crippen LogP contribution is -1.99. The third-order valence-corrected chi connectivity index (χ3v) is 3.06. The Morgan fingerprint density at radius 1 is 1.46 bits per heavy atom. The molecule has 1 aromatic carbocycles. The SMILES string of the molecule is CCC1CNc2c(Cl)cc(Cl)cc21. The Morgan fingerprint density at radius 2 is 2.23 bits per heavy atom. The van der Waals surface area contributed by atoms with Gasteiger partial charge >= 0.3 is 0 Å². The molecule has 1 atom stereocenters. The van der Waals surface area contributed by atoms with Crippen LogP contribution in [0, 0.1) is 0 Å². The number of rotatable bonds is 1. The van der Waals surface area contributed by atoms with Crippen LogP contribution >= 0.6 is 23.2 Å². The molecule has 13 heavy (non-hydrogen) atoms. The molecule has 1 nitrogen and oxygen atoms in total. The molecule has 1 aromatic rings. The number of halogens is 2. The monoisotopic (exact) mass is 215 g/mol. The fourth-order valence-corrected chi connectivity index (χ4v) is 2.38. The van der Waals surface area contributed by atoms with Gasteiger partial charge in [-0.1, -0.05) is 30.1 Å². The fraction of sp³-hybridized carbons (Fsp3) is 0.400. The van der Waals surface area contributed by atoms with Gasteiger partial charge < -0.3 is 5.32 Å². The van der Waals surface area contributed by atoms with Crippen molar-refractivity contribution in [3.05, 3.63) is 27.7 Å². The molecule has 0 radical (unpaired) electrons. The van der Waals surface area contributed by atoms with Crippen molar-refractivity contribution >= 4 is 28.9 Å². The topological polar surface area (TPSA) is 12.0 Å². The fourth-order valence-electron chi connectivity index (χ4n) is 1.80. The van der Waals surface area contributed by atoms with Crippen LogP contribution in [0.1, 0.15) is 24.8 Å². The van der Waals surface area contributed by atoms with Crippen molar-refractivity contribution < 1.29 is 0 Å². The van der Waals surface area contributed by atoms with Crippen LogP contribution in [0.15, 0.2) is 12.1 Å². The van der Waals surface area contributed by atoms with Gasteiger partial charge in [0.1, 0.15) is 0 Å². The summed E-state index contributed by atoms with van der Waals surface area (Å²) in [4.78, 5) is 0. The molecule has 0 fully saturated rings. The van der Waals surface area contributed by atoms with Gasteiger partial charge in [-0.2, -0.15) is 0 Å². The summed E-state index contributed by atoms with van der Waals surface area (Å²) >= 11 is 12.0. The normalized spacial score (nSPS) is 19.8. The van der Waals surface area contributed by atoms with Gasteiger partial charge in [-0.05, 0) is 24.1 Å². The van der Waals surface area contributed by atoms with Crippen LogP contribution in [0.4, 0.5) is 5.69 Å². The molecule has 1 N–H and O–H groups in total. The first kappa shape index (κ1) is 9.17. The number of fused-ring (bicyclic) bond motifs is 1. The highest BCUT2D eigenvalue weighted by Gasteiger charge is 2.22. The first-order valence-electron chi connectivity index (χ1n) is 4.45. The van der Waals surface area contributed by atoms with Crippen LogP contribution < -0.4 is 5.32 Å². The van der Waals surface area contributed by atoms with Crippen LogP contribution in [0.25, 0.3) is 0 Å². The molecule has 1 unspecified atom stereocenters. The molecule has 1 aliphatic rings. The predicted molar refractivity (Wildman–Crippen MR) is 58.0 cm³/mol. The van der Waals surface area contributed by atoms with Crippen LogP contribution in [0.5, 0.6) is 0 Å². The second-order valence-corrected chi connectivity index (χ2v) is 4.18. The average molecular weight is 216 g/mol. The van der Waals surface area contributed by atoms with Gasteiger partial charge in [0, 0.05) is 17.5 Å². The van der Waals surface area contributed by atoms with Crippen LogP contribution in [-0.4, -0.2) is 6.54 Å². The number of hydrogen-bond donors (Lipinski definition) is 1. The highest BCUT2D eigenvalue weighted by atomic mass is 35.5. The minimum Gasteiger partial charge on any atom is -0.383 e. The smallest absolute Gasteiger partial charge is 0.0655 e. The number of benzene rings is 1. The Labute approximate surface area is 88.0 Å². The summed E-state index contributed by atoms with van der Waals surface area (Å²) in [6.07, 6.45) is 1.12. The van der Waals surface area contributed by atoms with E-state index in [1.54, 1.807) is 6.07 Å². The summed E-state index contributed by atoms with van der Waals surface area (Å²) in [7, 11) is 0. The highest BCUT2D eigenvalue weighted by molar-refractivity contribution is 6.36. The Kier molecular flexibility index (Phi) is 2.39. The molecule has 0 saturated heterocycles. The van der Waals surface area contributed by atoms with Crippen molar-refractivity contribution in [2.75, 3.05) is 11.9 Å². The first-order chi connectivity index (χ1) is 6.22. The first-order valence-corrected chi connectivity index (χ1v) is 5.20. The molecule has 0 aromatic heterocycles. The minimum absolute atomic E-state index is 0.561. The standard InChI is InChI=1S/C10H11Cl2N/c1-2-6-5-13-10-8(6)3-7(11)4-9(10)12/h3-4,6,13H,2,5H2,1H3. The molecule has 0 spiro atoms. The Bertz CT molecular complexity index is 336. The van der Waals surface area contributed by atoms with Crippen LogP contribution in [-0.2, 0) is 0 Å². The lowest BCUT2D eigenvalue weighted by Gasteiger charge is -2.06. The summed E-state index contributed by atoms with van der Waals surface area (Å²) in [5.74, 6) is 0.561. The molecule has 3 heteroatoms. The second kappa shape index (κ2) is 3.39. The molecular formula is C10H11Cl2N. The number of hydrogen-bond acceptors (Lipinski definition) is 1. The van der Waals surface area contributed by atoms with Crippen LogP contribution in [0.3, 0.4) is 0 Å². The van der Waals surface area contributed by atoms with Crippen molar-refractivity contribution in [1.82, 2.24) is 0 Å². The van der Waals surface area contributed by atoms with Gasteiger partial charge in [-0.15, -0.1) is 0 Å². The van der Waals surface area contributed by atoms with Gasteiger partial charge in [0.05, 0.1) is 10.7 Å². The molecule has 0 aliphatic carbocycles. The summed E-state index contributed by atoms with van der Waals surface area (Å²) in [5, 5.41) is 4.77. The lowest BCUT2D eigenvalue weighted by molar-refractivity contribution is 0.727. The molecule has 0 saturated carbocycles. The highest BCUT2D eigenvalue weighted by Crippen LogP contribution is 2.40. The summed E-state index contributed by atoms with van der Waals surface area (Å²) in [6, 6.07) is 3.80. The van der Waals surface area contributed by atoms with Crippen molar-refractivity contribution in [2.45, 2.75) is 19.3 Å². The van der Waals surface area contributed by atoms with E-state index in [2.05, 4.69) is 12.2 Å². The van der Waals surface area contributed by atoms with E-state index in [1.807, 2.05) is 6.07 Å². The number of anilines is 1. The molecular weight excluding hydrogens is 205 g/mol. The van der Waals surface area contributed by atoms with Gasteiger partial charge in [0.25, 0.3) is 0 Å². The zero-order chi connectivity index (χ0) is 9.42. The second-order valence-electron chi connectivity index (χ2n) is 3.34. The van der Waals surface area contributed by atoms with E-state index in [-0.39, 0.29) is 0 Å². The van der Waals surface area contributed by atoms with Crippen LogP contribution in [0.2, 0.25) is 10.0 Å². The molecule has 1 heterocycles. The Morgan fingerprint density at radius 3 is 2.92 bits per heavy atom. The third-order valence-electron chi connectivity index (χ3n) is 2.54. The van der Waals surface area contributed by atoms with E-state index >= 15 is 0 Å². The van der Waals surface area contributed by atoms with E-state index in [0.29, 0.717) is 5.92 Å². The van der Waals surface area contributed by atoms with Gasteiger partial charge in [-0.25, -0.2) is 0 Å². The van der Waals surface area contributed by atoms with E-state index in [1.165, 1.54) is 5.56 Å². The quantitative estimate of drug-likeness (QED) is 0.750. The van der Waals surface area contributed by atoms with E-state index < -0.39 is 0 Å². The van der Waals surface area contributed by atoms with E-state index in [0.717, 1.165) is 28.7 Å². The lowest BCUT2D eigenvalue weighted by atomic mass is 9.99.